The quantitative estimate of drug-likeness (QED) is 0.374. The molecule has 0 spiro atoms. The van der Waals surface area contributed by atoms with Crippen LogP contribution in [0.1, 0.15) is 62.1 Å². The summed E-state index contributed by atoms with van der Waals surface area (Å²) in [6, 6.07) is 13.8. The van der Waals surface area contributed by atoms with E-state index in [2.05, 4.69) is 15.5 Å². The molecule has 0 unspecified atom stereocenters. The largest absolute Gasteiger partial charge is 0.445 e. The van der Waals surface area contributed by atoms with Gasteiger partial charge in [-0.05, 0) is 31.9 Å². The fourth-order valence-corrected chi connectivity index (χ4v) is 4.34. The summed E-state index contributed by atoms with van der Waals surface area (Å²) in [4.78, 5) is 27.0. The Bertz CT molecular complexity index is 1340. The van der Waals surface area contributed by atoms with Gasteiger partial charge in [0.15, 0.2) is 11.6 Å². The lowest BCUT2D eigenvalue weighted by molar-refractivity contribution is -0.138. The Morgan fingerprint density at radius 1 is 1.02 bits per heavy atom. The Kier molecular flexibility index (Phi) is 10.7. The maximum atomic E-state index is 13.3. The van der Waals surface area contributed by atoms with E-state index in [0.29, 0.717) is 37.8 Å². The van der Waals surface area contributed by atoms with Crippen LogP contribution in [0.15, 0.2) is 54.6 Å². The van der Waals surface area contributed by atoms with Crippen molar-refractivity contribution in [1.29, 1.82) is 0 Å². The van der Waals surface area contributed by atoms with Crippen molar-refractivity contribution in [1.82, 2.24) is 25.0 Å². The van der Waals surface area contributed by atoms with Crippen LogP contribution in [0.4, 0.5) is 18.0 Å². The van der Waals surface area contributed by atoms with E-state index in [9.17, 15) is 22.8 Å². The average molecular weight is 591 g/mol. The van der Waals surface area contributed by atoms with Crippen molar-refractivity contribution in [2.45, 2.75) is 71.8 Å². The van der Waals surface area contributed by atoms with Gasteiger partial charge in [0.05, 0.1) is 30.9 Å². The molecule has 228 valence electrons. The first-order valence-corrected chi connectivity index (χ1v) is 13.1. The minimum atomic E-state index is -4.56. The van der Waals surface area contributed by atoms with E-state index >= 15 is 0 Å². The van der Waals surface area contributed by atoms with E-state index in [1.165, 1.54) is 23.1 Å². The maximum absolute atomic E-state index is 13.3. The molecule has 2 heterocycles. The highest BCUT2D eigenvalue weighted by molar-refractivity contribution is 5.85. The standard InChI is InChI=1S/C28H33F3N6O4.CH4/c1-27(2,32)25(38)33-22(18-40-16-19-9-4-3-5-10-19)24-35-34-23-15-36(13-8-14-37(23)24)26(39)41-17-20-11-6-7-12-21(20)28(29,30)31;/h3-7,9-12,22H,8,13-18,32H2,1-2H3,(H,33,38);1H4/t22-;/m1./s1. The number of hydrogen-bond donors (Lipinski definition) is 2. The Morgan fingerprint density at radius 2 is 1.71 bits per heavy atom. The van der Waals surface area contributed by atoms with Crippen molar-refractivity contribution in [2.24, 2.45) is 5.73 Å². The molecule has 1 aromatic heterocycles. The number of amides is 2. The number of aromatic nitrogens is 3. The molecule has 0 fully saturated rings. The van der Waals surface area contributed by atoms with E-state index in [0.717, 1.165) is 11.6 Å². The van der Waals surface area contributed by atoms with Gasteiger partial charge in [-0.1, -0.05) is 56.0 Å². The fourth-order valence-electron chi connectivity index (χ4n) is 4.34. The summed E-state index contributed by atoms with van der Waals surface area (Å²) < 4.78 is 52.9. The summed E-state index contributed by atoms with van der Waals surface area (Å²) in [5, 5.41) is 11.4. The van der Waals surface area contributed by atoms with Gasteiger partial charge in [0.2, 0.25) is 5.91 Å². The molecule has 13 heteroatoms. The van der Waals surface area contributed by atoms with Crippen LogP contribution < -0.4 is 11.1 Å². The number of halogens is 3. The minimum absolute atomic E-state index is 0. The second kappa shape index (κ2) is 13.8. The van der Waals surface area contributed by atoms with Crippen molar-refractivity contribution in [3.05, 3.63) is 82.9 Å². The topological polar surface area (TPSA) is 125 Å². The molecule has 2 aromatic carbocycles. The van der Waals surface area contributed by atoms with Gasteiger partial charge in [-0.2, -0.15) is 13.2 Å². The maximum Gasteiger partial charge on any atom is 0.416 e. The molecule has 1 aliphatic heterocycles. The SMILES string of the molecule is C.CC(C)(N)C(=O)N[C@H](COCc1ccccc1)c1nnc2n1CCCN(C(=O)OCc1ccccc1C(F)(F)F)C2. The molecule has 10 nitrogen and oxygen atoms in total. The number of nitrogens with zero attached hydrogens (tertiary/aromatic N) is 4. The zero-order chi connectivity index (χ0) is 29.6. The van der Waals surface area contributed by atoms with E-state index in [1.54, 1.807) is 13.8 Å². The van der Waals surface area contributed by atoms with Crippen molar-refractivity contribution >= 4 is 12.0 Å². The molecule has 1 aliphatic rings. The summed E-state index contributed by atoms with van der Waals surface area (Å²) in [6.07, 6.45) is -4.82. The first-order chi connectivity index (χ1) is 19.4. The number of nitrogens with two attached hydrogens (primary N) is 1. The lowest BCUT2D eigenvalue weighted by Gasteiger charge is -2.24. The molecule has 42 heavy (non-hydrogen) atoms. The molecule has 3 N–H and O–H groups in total. The molecule has 0 radical (unpaired) electrons. The lowest BCUT2D eigenvalue weighted by atomic mass is 10.1. The number of fused-ring (bicyclic) bond motifs is 1. The van der Waals surface area contributed by atoms with Gasteiger partial charge in [-0.15, -0.1) is 10.2 Å². The number of nitrogens with one attached hydrogen (secondary N) is 1. The highest BCUT2D eigenvalue weighted by Crippen LogP contribution is 2.32. The highest BCUT2D eigenvalue weighted by atomic mass is 19.4. The minimum Gasteiger partial charge on any atom is -0.445 e. The van der Waals surface area contributed by atoms with Crippen LogP contribution >= 0.6 is 0 Å². The van der Waals surface area contributed by atoms with Crippen LogP contribution in [0.25, 0.3) is 0 Å². The molecule has 0 saturated carbocycles. The van der Waals surface area contributed by atoms with Crippen LogP contribution in [0.3, 0.4) is 0 Å². The van der Waals surface area contributed by atoms with Gasteiger partial charge in [-0.3, -0.25) is 4.79 Å². The van der Waals surface area contributed by atoms with Gasteiger partial charge >= 0.3 is 12.3 Å². The van der Waals surface area contributed by atoms with Gasteiger partial charge in [-0.25, -0.2) is 4.79 Å². The third-order valence-electron chi connectivity index (χ3n) is 6.53. The molecule has 0 aliphatic carbocycles. The summed E-state index contributed by atoms with van der Waals surface area (Å²) in [6.45, 7) is 3.83. The van der Waals surface area contributed by atoms with E-state index < -0.39 is 41.9 Å². The van der Waals surface area contributed by atoms with Crippen molar-refractivity contribution in [2.75, 3.05) is 13.2 Å². The second-order valence-electron chi connectivity index (χ2n) is 10.4. The normalized spacial score (nSPS) is 14.3. The summed E-state index contributed by atoms with van der Waals surface area (Å²) in [5.74, 6) is 0.487. The third-order valence-corrected chi connectivity index (χ3v) is 6.53. The number of alkyl halides is 3. The van der Waals surface area contributed by atoms with Crippen LogP contribution in [-0.2, 0) is 46.7 Å². The molecule has 1 atom stereocenters. The summed E-state index contributed by atoms with van der Waals surface area (Å²) >= 11 is 0. The first-order valence-electron chi connectivity index (χ1n) is 13.1. The van der Waals surface area contributed by atoms with Crippen molar-refractivity contribution in [3.63, 3.8) is 0 Å². The van der Waals surface area contributed by atoms with Gasteiger partial charge in [0, 0.05) is 18.7 Å². The van der Waals surface area contributed by atoms with Crippen molar-refractivity contribution in [3.8, 4) is 0 Å². The Morgan fingerprint density at radius 3 is 2.40 bits per heavy atom. The fraction of sp³-hybridized carbons (Fsp3) is 0.448. The highest BCUT2D eigenvalue weighted by Gasteiger charge is 2.34. The number of carbonyl (C=O) groups excluding carboxylic acids is 2. The molecule has 0 bridgehead atoms. The number of hydrogen-bond acceptors (Lipinski definition) is 7. The van der Waals surface area contributed by atoms with Crippen molar-refractivity contribution < 1.29 is 32.2 Å². The smallest absolute Gasteiger partial charge is 0.416 e. The van der Waals surface area contributed by atoms with Crippen LogP contribution in [0, 0.1) is 0 Å². The molecular weight excluding hydrogens is 553 g/mol. The van der Waals surface area contributed by atoms with Crippen LogP contribution in [0.5, 0.6) is 0 Å². The monoisotopic (exact) mass is 590 g/mol. The zero-order valence-corrected chi connectivity index (χ0v) is 22.9. The van der Waals surface area contributed by atoms with Gasteiger partial charge in [0.1, 0.15) is 12.6 Å². The van der Waals surface area contributed by atoms with Crippen LogP contribution in [0.2, 0.25) is 0 Å². The lowest BCUT2D eigenvalue weighted by Crippen LogP contribution is -2.51. The van der Waals surface area contributed by atoms with Gasteiger partial charge < -0.3 is 30.0 Å². The number of carbonyl (C=O) groups is 2. The van der Waals surface area contributed by atoms with E-state index in [4.69, 9.17) is 15.2 Å². The number of benzene rings is 2. The number of rotatable bonds is 9. The van der Waals surface area contributed by atoms with E-state index in [-0.39, 0.29) is 26.1 Å². The van der Waals surface area contributed by atoms with Crippen LogP contribution in [-0.4, -0.2) is 50.4 Å². The second-order valence-corrected chi connectivity index (χ2v) is 10.4. The zero-order valence-electron chi connectivity index (χ0n) is 22.9. The van der Waals surface area contributed by atoms with E-state index in [1.807, 2.05) is 34.9 Å². The first kappa shape index (κ1) is 32.5. The molecule has 4 rings (SSSR count). The molecule has 2 amide bonds. The Hall–Kier alpha value is -3.97. The van der Waals surface area contributed by atoms with Gasteiger partial charge in [0.25, 0.3) is 0 Å². The molecule has 3 aromatic rings. The Balaban J connectivity index is 0.00000484. The molecule has 0 saturated heterocycles. The third kappa shape index (κ3) is 8.29. The average Bonchev–Trinajstić information content (AvgIpc) is 3.19. The number of ether oxygens (including phenoxy) is 2. The summed E-state index contributed by atoms with van der Waals surface area (Å²) in [5.41, 5.74) is 4.83. The Labute approximate surface area is 243 Å². The summed E-state index contributed by atoms with van der Waals surface area (Å²) in [7, 11) is 0. The predicted octanol–water partition coefficient (Wildman–Crippen LogP) is 4.59. The predicted molar refractivity (Wildman–Crippen MR) is 149 cm³/mol. The molecular formula is C29H37F3N6O4.